The number of halogens is 1. The van der Waals surface area contributed by atoms with Gasteiger partial charge in [-0.05, 0) is 42.9 Å². The van der Waals surface area contributed by atoms with Crippen LogP contribution in [0.5, 0.6) is 0 Å². The van der Waals surface area contributed by atoms with Gasteiger partial charge in [0, 0.05) is 6.54 Å². The van der Waals surface area contributed by atoms with Gasteiger partial charge in [-0.1, -0.05) is 26.0 Å². The summed E-state index contributed by atoms with van der Waals surface area (Å²) in [7, 11) is 0. The number of hydrogen-bond acceptors (Lipinski definition) is 1. The van der Waals surface area contributed by atoms with Gasteiger partial charge in [-0.15, -0.1) is 0 Å². The summed E-state index contributed by atoms with van der Waals surface area (Å²) in [6.07, 6.45) is 2.73. The molecule has 1 aliphatic carbocycles. The average Bonchev–Trinajstić information content (AvgIpc) is 3.10. The summed E-state index contributed by atoms with van der Waals surface area (Å²) >= 11 is 0. The van der Waals surface area contributed by atoms with Crippen molar-refractivity contribution in [1.29, 1.82) is 0 Å². The monoisotopic (exact) mass is 249 g/mol. The van der Waals surface area contributed by atoms with Crippen molar-refractivity contribution in [2.75, 3.05) is 6.54 Å². The molecule has 0 aliphatic heterocycles. The third-order valence-electron chi connectivity index (χ3n) is 3.59. The second-order valence-corrected chi connectivity index (χ2v) is 5.53. The van der Waals surface area contributed by atoms with Gasteiger partial charge >= 0.3 is 0 Å². The van der Waals surface area contributed by atoms with E-state index in [0.29, 0.717) is 5.92 Å². The largest absolute Gasteiger partial charge is 0.355 e. The van der Waals surface area contributed by atoms with Crippen molar-refractivity contribution in [3.63, 3.8) is 0 Å². The maximum atomic E-state index is 12.9. The molecule has 0 saturated heterocycles. The lowest BCUT2D eigenvalue weighted by Crippen LogP contribution is -2.35. The molecule has 1 fully saturated rings. The van der Waals surface area contributed by atoms with E-state index >= 15 is 0 Å². The summed E-state index contributed by atoms with van der Waals surface area (Å²) in [6.45, 7) is 5.00. The van der Waals surface area contributed by atoms with Gasteiger partial charge in [0.05, 0.1) is 5.41 Å². The van der Waals surface area contributed by atoms with Crippen LogP contribution >= 0.6 is 0 Å². The molecule has 1 N–H and O–H groups in total. The Bertz CT molecular complexity index is 421. The molecule has 0 bridgehead atoms. The maximum absolute atomic E-state index is 12.9. The Labute approximate surface area is 108 Å². The highest BCUT2D eigenvalue weighted by Gasteiger charge is 2.50. The predicted molar refractivity (Wildman–Crippen MR) is 69.8 cm³/mol. The lowest BCUT2D eigenvalue weighted by atomic mass is 9.95. The molecule has 1 amide bonds. The zero-order valence-electron chi connectivity index (χ0n) is 11.0. The number of amides is 1. The summed E-state index contributed by atoms with van der Waals surface area (Å²) in [5, 5.41) is 3.00. The first-order valence-electron chi connectivity index (χ1n) is 6.59. The molecule has 1 saturated carbocycles. The summed E-state index contributed by atoms with van der Waals surface area (Å²) in [6, 6.07) is 6.31. The highest BCUT2D eigenvalue weighted by Crippen LogP contribution is 2.48. The minimum atomic E-state index is -0.384. The first-order valence-corrected chi connectivity index (χ1v) is 6.59. The first kappa shape index (κ1) is 13.1. The van der Waals surface area contributed by atoms with Crippen LogP contribution in [0.2, 0.25) is 0 Å². The Balaban J connectivity index is 1.98. The van der Waals surface area contributed by atoms with Gasteiger partial charge in [0.15, 0.2) is 0 Å². The van der Waals surface area contributed by atoms with Crippen molar-refractivity contribution < 1.29 is 9.18 Å². The third-order valence-corrected chi connectivity index (χ3v) is 3.59. The van der Waals surface area contributed by atoms with E-state index in [2.05, 4.69) is 19.2 Å². The van der Waals surface area contributed by atoms with Crippen LogP contribution in [-0.2, 0) is 10.2 Å². The topological polar surface area (TPSA) is 29.1 Å². The minimum absolute atomic E-state index is 0.0924. The van der Waals surface area contributed by atoms with Crippen LogP contribution in [-0.4, -0.2) is 12.5 Å². The van der Waals surface area contributed by atoms with Gasteiger partial charge in [0.1, 0.15) is 5.82 Å². The van der Waals surface area contributed by atoms with E-state index in [-0.39, 0.29) is 17.1 Å². The number of rotatable bonds is 5. The molecule has 2 rings (SSSR count). The summed E-state index contributed by atoms with van der Waals surface area (Å²) in [4.78, 5) is 12.2. The van der Waals surface area contributed by atoms with Gasteiger partial charge in [-0.25, -0.2) is 4.39 Å². The molecule has 0 aromatic heterocycles. The smallest absolute Gasteiger partial charge is 0.230 e. The Morgan fingerprint density at radius 3 is 2.44 bits per heavy atom. The Kier molecular flexibility index (Phi) is 3.69. The van der Waals surface area contributed by atoms with Crippen LogP contribution in [0.1, 0.15) is 38.7 Å². The molecule has 98 valence electrons. The molecule has 18 heavy (non-hydrogen) atoms. The average molecular weight is 249 g/mol. The van der Waals surface area contributed by atoms with E-state index in [9.17, 15) is 9.18 Å². The van der Waals surface area contributed by atoms with Crippen LogP contribution in [0.4, 0.5) is 4.39 Å². The van der Waals surface area contributed by atoms with E-state index in [1.165, 1.54) is 12.1 Å². The molecule has 0 radical (unpaired) electrons. The van der Waals surface area contributed by atoms with Gasteiger partial charge in [-0.2, -0.15) is 0 Å². The standard InChI is InChI=1S/C15H20FNO/c1-11(2)7-10-17-14(18)15(8-9-15)12-3-5-13(16)6-4-12/h3-6,11H,7-10H2,1-2H3,(H,17,18). The van der Waals surface area contributed by atoms with Gasteiger partial charge in [0.2, 0.25) is 5.91 Å². The van der Waals surface area contributed by atoms with Crippen molar-refractivity contribution in [1.82, 2.24) is 5.32 Å². The Morgan fingerprint density at radius 1 is 1.33 bits per heavy atom. The van der Waals surface area contributed by atoms with Gasteiger partial charge < -0.3 is 5.32 Å². The van der Waals surface area contributed by atoms with Crippen LogP contribution in [0.15, 0.2) is 24.3 Å². The molecule has 1 aromatic rings. The number of hydrogen-bond donors (Lipinski definition) is 1. The van der Waals surface area contributed by atoms with Crippen molar-refractivity contribution in [2.24, 2.45) is 5.92 Å². The molecule has 0 unspecified atom stereocenters. The fourth-order valence-corrected chi connectivity index (χ4v) is 2.18. The SMILES string of the molecule is CC(C)CCNC(=O)C1(c2ccc(F)cc2)CC1. The molecule has 0 atom stereocenters. The van der Waals surface area contributed by atoms with Crippen molar-refractivity contribution in [3.8, 4) is 0 Å². The van der Waals surface area contributed by atoms with Crippen LogP contribution in [0.3, 0.4) is 0 Å². The van der Waals surface area contributed by atoms with E-state index in [0.717, 1.165) is 31.4 Å². The van der Waals surface area contributed by atoms with E-state index in [1.54, 1.807) is 12.1 Å². The number of benzene rings is 1. The molecular weight excluding hydrogens is 229 g/mol. The third kappa shape index (κ3) is 2.71. The predicted octanol–water partition coefficient (Wildman–Crippen LogP) is 3.02. The van der Waals surface area contributed by atoms with Crippen molar-refractivity contribution >= 4 is 5.91 Å². The van der Waals surface area contributed by atoms with E-state index in [1.807, 2.05) is 0 Å². The van der Waals surface area contributed by atoms with Crippen LogP contribution in [0, 0.1) is 11.7 Å². The quantitative estimate of drug-likeness (QED) is 0.854. The number of carbonyl (C=O) groups excluding carboxylic acids is 1. The number of nitrogens with one attached hydrogen (secondary N) is 1. The van der Waals surface area contributed by atoms with Gasteiger partial charge in [0.25, 0.3) is 0 Å². The summed E-state index contributed by atoms with van der Waals surface area (Å²) in [5.74, 6) is 0.427. The van der Waals surface area contributed by atoms with Crippen molar-refractivity contribution in [3.05, 3.63) is 35.6 Å². The lowest BCUT2D eigenvalue weighted by molar-refractivity contribution is -0.123. The second kappa shape index (κ2) is 5.09. The summed E-state index contributed by atoms with van der Waals surface area (Å²) in [5.41, 5.74) is 0.552. The second-order valence-electron chi connectivity index (χ2n) is 5.53. The van der Waals surface area contributed by atoms with E-state index in [4.69, 9.17) is 0 Å². The van der Waals surface area contributed by atoms with E-state index < -0.39 is 0 Å². The van der Waals surface area contributed by atoms with Crippen LogP contribution < -0.4 is 5.32 Å². The Morgan fingerprint density at radius 2 is 1.94 bits per heavy atom. The zero-order valence-corrected chi connectivity index (χ0v) is 11.0. The van der Waals surface area contributed by atoms with Crippen molar-refractivity contribution in [2.45, 2.75) is 38.5 Å². The number of carbonyl (C=O) groups is 1. The molecule has 2 nitrogen and oxygen atoms in total. The molecule has 1 aromatic carbocycles. The maximum Gasteiger partial charge on any atom is 0.230 e. The minimum Gasteiger partial charge on any atom is -0.355 e. The van der Waals surface area contributed by atoms with Gasteiger partial charge in [-0.3, -0.25) is 4.79 Å². The Hall–Kier alpha value is -1.38. The molecule has 1 aliphatic rings. The highest BCUT2D eigenvalue weighted by atomic mass is 19.1. The highest BCUT2D eigenvalue weighted by molar-refractivity contribution is 5.91. The molecule has 0 spiro atoms. The lowest BCUT2D eigenvalue weighted by Gasteiger charge is -2.16. The molecule has 3 heteroatoms. The fraction of sp³-hybridized carbons (Fsp3) is 0.533. The van der Waals surface area contributed by atoms with Crippen LogP contribution in [0.25, 0.3) is 0 Å². The molecule has 0 heterocycles. The fourth-order valence-electron chi connectivity index (χ4n) is 2.18. The summed E-state index contributed by atoms with van der Waals surface area (Å²) < 4.78 is 12.9. The zero-order chi connectivity index (χ0) is 13.2. The normalized spacial score (nSPS) is 16.7. The first-order chi connectivity index (χ1) is 8.54. The molecular formula is C15H20FNO.